The maximum atomic E-state index is 10.9. The first-order chi connectivity index (χ1) is 8.02. The molecule has 0 aliphatic heterocycles. The van der Waals surface area contributed by atoms with Crippen molar-refractivity contribution in [2.45, 2.75) is 19.0 Å². The summed E-state index contributed by atoms with van der Waals surface area (Å²) in [7, 11) is 0. The predicted molar refractivity (Wildman–Crippen MR) is 58.8 cm³/mol. The van der Waals surface area contributed by atoms with Gasteiger partial charge in [0.1, 0.15) is 11.9 Å². The van der Waals surface area contributed by atoms with Crippen molar-refractivity contribution in [2.75, 3.05) is 6.54 Å². The van der Waals surface area contributed by atoms with E-state index >= 15 is 0 Å². The predicted octanol–water partition coefficient (Wildman–Crippen LogP) is -2.06. The van der Waals surface area contributed by atoms with Gasteiger partial charge in [-0.25, -0.2) is 4.98 Å². The summed E-state index contributed by atoms with van der Waals surface area (Å²) >= 11 is 0. The molecule has 0 aliphatic carbocycles. The first-order valence-electron chi connectivity index (χ1n) is 5.01. The number of imidazole rings is 1. The normalized spacial score (nSPS) is 12.1. The highest BCUT2D eigenvalue weighted by atomic mass is 16.4. The lowest BCUT2D eigenvalue weighted by Crippen LogP contribution is -2.32. The Hall–Kier alpha value is -1.93. The second-order valence-electron chi connectivity index (χ2n) is 3.48. The molecule has 94 valence electrons. The van der Waals surface area contributed by atoms with Crippen molar-refractivity contribution in [3.8, 4) is 0 Å². The molecule has 8 heteroatoms. The number of carbonyl (C=O) groups excluding carboxylic acids is 1. The van der Waals surface area contributed by atoms with Crippen molar-refractivity contribution >= 4 is 11.9 Å². The monoisotopic (exact) mass is 241 g/mol. The van der Waals surface area contributed by atoms with Crippen LogP contribution in [-0.4, -0.2) is 39.5 Å². The van der Waals surface area contributed by atoms with E-state index in [9.17, 15) is 9.59 Å². The molecule has 8 nitrogen and oxygen atoms in total. The number of hydrogen-bond donors (Lipinski definition) is 5. The van der Waals surface area contributed by atoms with Crippen LogP contribution in [-0.2, 0) is 22.6 Å². The van der Waals surface area contributed by atoms with Crippen LogP contribution in [0.2, 0.25) is 0 Å². The minimum atomic E-state index is -1.07. The number of carboxylic acid groups (broad SMARTS) is 1. The van der Waals surface area contributed by atoms with Gasteiger partial charge in [-0.3, -0.25) is 9.59 Å². The number of H-pyrrole nitrogens is 1. The fraction of sp³-hybridized carbons (Fsp3) is 0.444. The maximum Gasteiger partial charge on any atom is 0.320 e. The summed E-state index contributed by atoms with van der Waals surface area (Å²) in [4.78, 5) is 28.3. The molecule has 0 saturated heterocycles. The van der Waals surface area contributed by atoms with E-state index in [1.54, 1.807) is 0 Å². The molecule has 1 aromatic heterocycles. The molecule has 1 rings (SSSR count). The van der Waals surface area contributed by atoms with Crippen molar-refractivity contribution < 1.29 is 14.7 Å². The Labute approximate surface area is 97.4 Å². The third-order valence-electron chi connectivity index (χ3n) is 2.08. The molecule has 0 saturated carbocycles. The van der Waals surface area contributed by atoms with Crippen LogP contribution in [0, 0.1) is 0 Å². The average Bonchev–Trinajstić information content (AvgIpc) is 2.73. The van der Waals surface area contributed by atoms with Gasteiger partial charge in [0.15, 0.2) is 0 Å². The van der Waals surface area contributed by atoms with Gasteiger partial charge in [-0.05, 0) is 0 Å². The van der Waals surface area contributed by atoms with E-state index in [-0.39, 0.29) is 25.4 Å². The summed E-state index contributed by atoms with van der Waals surface area (Å²) < 4.78 is 0. The molecule has 0 spiro atoms. The molecule has 0 radical (unpaired) electrons. The summed E-state index contributed by atoms with van der Waals surface area (Å²) in [5, 5.41) is 11.2. The van der Waals surface area contributed by atoms with Crippen molar-refractivity contribution in [1.82, 2.24) is 15.3 Å². The number of carboxylic acids is 1. The standard InChI is InChI=1S/C9H15N5O3/c10-2-8(15)13-4-7-12-3-5(14-7)1-6(11)9(16)17/h3,6H,1-2,4,10-11H2,(H,12,14)(H,13,15)(H,16,17). The van der Waals surface area contributed by atoms with Gasteiger partial charge in [-0.2, -0.15) is 0 Å². The third kappa shape index (κ3) is 4.21. The Morgan fingerprint density at radius 3 is 2.88 bits per heavy atom. The molecule has 1 aromatic rings. The molecule has 0 fully saturated rings. The van der Waals surface area contributed by atoms with Crippen LogP contribution in [0.5, 0.6) is 0 Å². The molecule has 1 unspecified atom stereocenters. The number of aliphatic carboxylic acids is 1. The zero-order valence-electron chi connectivity index (χ0n) is 9.14. The van der Waals surface area contributed by atoms with Gasteiger partial charge in [0.2, 0.25) is 5.91 Å². The van der Waals surface area contributed by atoms with Gasteiger partial charge in [0.05, 0.1) is 13.1 Å². The molecular formula is C9H15N5O3. The molecule has 1 atom stereocenters. The highest BCUT2D eigenvalue weighted by Gasteiger charge is 2.13. The maximum absolute atomic E-state index is 10.9. The van der Waals surface area contributed by atoms with Crippen LogP contribution in [0.1, 0.15) is 11.5 Å². The van der Waals surface area contributed by atoms with Crippen LogP contribution in [0.25, 0.3) is 0 Å². The van der Waals surface area contributed by atoms with E-state index in [1.807, 2.05) is 0 Å². The van der Waals surface area contributed by atoms with Gasteiger partial charge >= 0.3 is 5.97 Å². The first-order valence-corrected chi connectivity index (χ1v) is 5.01. The minimum Gasteiger partial charge on any atom is -0.480 e. The fourth-order valence-corrected chi connectivity index (χ4v) is 1.18. The molecule has 1 heterocycles. The molecule has 0 aliphatic rings. The Kier molecular flexibility index (Phi) is 4.61. The second kappa shape index (κ2) is 5.97. The second-order valence-corrected chi connectivity index (χ2v) is 3.48. The average molecular weight is 241 g/mol. The third-order valence-corrected chi connectivity index (χ3v) is 2.08. The molecule has 0 bridgehead atoms. The highest BCUT2D eigenvalue weighted by Crippen LogP contribution is 2.00. The number of nitrogens with one attached hydrogen (secondary N) is 2. The summed E-state index contributed by atoms with van der Waals surface area (Å²) in [6, 6.07) is -0.970. The Balaban J connectivity index is 2.48. The number of nitrogens with zero attached hydrogens (tertiary/aromatic N) is 1. The van der Waals surface area contributed by atoms with Crippen LogP contribution < -0.4 is 16.8 Å². The fourth-order valence-electron chi connectivity index (χ4n) is 1.18. The van der Waals surface area contributed by atoms with Gasteiger partial charge in [-0.15, -0.1) is 0 Å². The molecule has 1 amide bonds. The Bertz CT molecular complexity index is 403. The summed E-state index contributed by atoms with van der Waals surface area (Å²) in [6.07, 6.45) is 1.65. The van der Waals surface area contributed by atoms with Crippen LogP contribution in [0.15, 0.2) is 6.20 Å². The number of carbonyl (C=O) groups is 2. The molecule has 0 aromatic carbocycles. The topological polar surface area (TPSA) is 147 Å². The number of rotatable bonds is 6. The van der Waals surface area contributed by atoms with E-state index in [1.165, 1.54) is 6.20 Å². The molecule has 17 heavy (non-hydrogen) atoms. The van der Waals surface area contributed by atoms with Gasteiger partial charge in [0.25, 0.3) is 0 Å². The number of aromatic amines is 1. The van der Waals surface area contributed by atoms with Crippen molar-refractivity contribution in [3.63, 3.8) is 0 Å². The number of hydrogen-bond acceptors (Lipinski definition) is 5. The van der Waals surface area contributed by atoms with E-state index in [4.69, 9.17) is 16.6 Å². The van der Waals surface area contributed by atoms with E-state index in [2.05, 4.69) is 15.3 Å². The quantitative estimate of drug-likeness (QED) is 0.387. The van der Waals surface area contributed by atoms with E-state index in [0.717, 1.165) is 0 Å². The first kappa shape index (κ1) is 13.1. The molecular weight excluding hydrogens is 226 g/mol. The van der Waals surface area contributed by atoms with Gasteiger partial charge in [-0.1, -0.05) is 0 Å². The highest BCUT2D eigenvalue weighted by molar-refractivity contribution is 5.77. The van der Waals surface area contributed by atoms with Crippen molar-refractivity contribution in [1.29, 1.82) is 0 Å². The van der Waals surface area contributed by atoms with Gasteiger partial charge in [0, 0.05) is 18.3 Å². The largest absolute Gasteiger partial charge is 0.480 e. The zero-order chi connectivity index (χ0) is 12.8. The van der Waals surface area contributed by atoms with Crippen LogP contribution >= 0.6 is 0 Å². The Morgan fingerprint density at radius 2 is 2.29 bits per heavy atom. The lowest BCUT2D eigenvalue weighted by Gasteiger charge is -2.03. The Morgan fingerprint density at radius 1 is 1.59 bits per heavy atom. The van der Waals surface area contributed by atoms with E-state index in [0.29, 0.717) is 11.5 Å². The smallest absolute Gasteiger partial charge is 0.320 e. The van der Waals surface area contributed by atoms with Crippen LogP contribution in [0.4, 0.5) is 0 Å². The number of amides is 1. The lowest BCUT2D eigenvalue weighted by molar-refractivity contribution is -0.138. The van der Waals surface area contributed by atoms with Crippen LogP contribution in [0.3, 0.4) is 0 Å². The number of nitrogens with two attached hydrogens (primary N) is 2. The van der Waals surface area contributed by atoms with Crippen molar-refractivity contribution in [3.05, 3.63) is 17.7 Å². The lowest BCUT2D eigenvalue weighted by atomic mass is 10.2. The summed E-state index contributed by atoms with van der Waals surface area (Å²) in [5.41, 5.74) is 11.1. The summed E-state index contributed by atoms with van der Waals surface area (Å²) in [5.74, 6) is -0.831. The van der Waals surface area contributed by atoms with Crippen molar-refractivity contribution in [2.24, 2.45) is 11.5 Å². The minimum absolute atomic E-state index is 0.0859. The van der Waals surface area contributed by atoms with Gasteiger partial charge < -0.3 is 26.9 Å². The zero-order valence-corrected chi connectivity index (χ0v) is 9.14. The van der Waals surface area contributed by atoms with E-state index < -0.39 is 12.0 Å². The molecule has 7 N–H and O–H groups in total. The summed E-state index contributed by atoms with van der Waals surface area (Å²) in [6.45, 7) is 0.135. The SMILES string of the molecule is NCC(=O)NCc1ncc(CC(N)C(=O)O)[nH]1. The number of aromatic nitrogens is 2.